The van der Waals surface area contributed by atoms with Crippen molar-refractivity contribution in [3.8, 4) is 0 Å². The van der Waals surface area contributed by atoms with E-state index in [0.717, 1.165) is 0 Å². The number of rotatable bonds is 0. The minimum atomic E-state index is 0.0196. The molecule has 0 radical (unpaired) electrons. The van der Waals surface area contributed by atoms with Crippen LogP contribution in [-0.2, 0) is 9.47 Å². The van der Waals surface area contributed by atoms with Crippen LogP contribution in [0, 0.1) is 0 Å². The van der Waals surface area contributed by atoms with Crippen molar-refractivity contribution in [1.29, 1.82) is 0 Å². The molecule has 2 heteroatoms. The molecule has 68 valence electrons. The molecular weight excluding hydrogens is 164 g/mol. The molecule has 2 bridgehead atoms. The van der Waals surface area contributed by atoms with E-state index >= 15 is 0 Å². The second-order valence-corrected chi connectivity index (χ2v) is 2.92. The smallest absolute Gasteiger partial charge is 0.149 e. The lowest BCUT2D eigenvalue weighted by atomic mass is 10.2. The van der Waals surface area contributed by atoms with Gasteiger partial charge in [0, 0.05) is 0 Å². The number of allylic oxidation sites excluding steroid dienone is 4. The van der Waals surface area contributed by atoms with Crippen molar-refractivity contribution in [3.63, 3.8) is 0 Å². The van der Waals surface area contributed by atoms with Crippen molar-refractivity contribution in [3.05, 3.63) is 48.6 Å². The van der Waals surface area contributed by atoms with Crippen molar-refractivity contribution in [2.45, 2.75) is 12.2 Å². The highest BCUT2D eigenvalue weighted by Gasteiger charge is 2.06. The number of hydrogen-bond acceptors (Lipinski definition) is 2. The summed E-state index contributed by atoms with van der Waals surface area (Å²) >= 11 is 0. The van der Waals surface area contributed by atoms with Gasteiger partial charge in [-0.3, -0.25) is 0 Å². The average Bonchev–Trinajstić information content (AvgIpc) is 2.33. The van der Waals surface area contributed by atoms with Crippen LogP contribution in [0.15, 0.2) is 48.6 Å². The van der Waals surface area contributed by atoms with Gasteiger partial charge in [-0.05, 0) is 0 Å². The largest absolute Gasteiger partial charge is 0.344 e. The molecule has 0 saturated carbocycles. The molecule has 0 amide bonds. The Labute approximate surface area is 77.8 Å². The van der Waals surface area contributed by atoms with Crippen LogP contribution in [0.25, 0.3) is 0 Å². The first-order valence-electron chi connectivity index (χ1n) is 4.38. The maximum atomic E-state index is 5.44. The minimum absolute atomic E-state index is 0.0196. The average molecular weight is 176 g/mol. The molecule has 13 heavy (non-hydrogen) atoms. The molecule has 2 rings (SSSR count). The predicted octanol–water partition coefficient (Wildman–Crippen LogP) is 1.97. The monoisotopic (exact) mass is 176 g/mol. The van der Waals surface area contributed by atoms with Crippen LogP contribution in [0.3, 0.4) is 0 Å². The van der Waals surface area contributed by atoms with E-state index in [2.05, 4.69) is 0 Å². The van der Waals surface area contributed by atoms with Gasteiger partial charge in [-0.25, -0.2) is 0 Å². The first-order chi connectivity index (χ1) is 6.45. The third-order valence-electron chi connectivity index (χ3n) is 1.95. The number of hydrogen-bond donors (Lipinski definition) is 0. The molecule has 0 aromatic rings. The summed E-state index contributed by atoms with van der Waals surface area (Å²) in [6.45, 7) is 0.332. The van der Waals surface area contributed by atoms with Gasteiger partial charge in [0.15, 0.2) is 0 Å². The van der Waals surface area contributed by atoms with Crippen molar-refractivity contribution in [2.24, 2.45) is 0 Å². The van der Waals surface area contributed by atoms with Crippen LogP contribution in [0.1, 0.15) is 0 Å². The molecule has 2 aliphatic heterocycles. The normalized spacial score (nSPS) is 41.8. The molecule has 0 N–H and O–H groups in total. The fourth-order valence-electron chi connectivity index (χ4n) is 1.24. The van der Waals surface area contributed by atoms with E-state index < -0.39 is 0 Å². The van der Waals surface area contributed by atoms with E-state index in [1.807, 2.05) is 48.6 Å². The Morgan fingerprint density at radius 2 is 1.08 bits per heavy atom. The molecule has 0 fully saturated rings. The van der Waals surface area contributed by atoms with E-state index in [1.165, 1.54) is 0 Å². The maximum absolute atomic E-state index is 5.44. The maximum Gasteiger partial charge on any atom is 0.149 e. The lowest BCUT2D eigenvalue weighted by molar-refractivity contribution is -0.0710. The van der Waals surface area contributed by atoms with E-state index in [4.69, 9.17) is 9.47 Å². The lowest BCUT2D eigenvalue weighted by Crippen LogP contribution is -2.13. The van der Waals surface area contributed by atoms with Gasteiger partial charge in [0.25, 0.3) is 0 Å². The molecule has 0 spiro atoms. The summed E-state index contributed by atoms with van der Waals surface area (Å²) in [4.78, 5) is 0. The van der Waals surface area contributed by atoms with E-state index in [1.54, 1.807) is 0 Å². The van der Waals surface area contributed by atoms with Crippen molar-refractivity contribution < 1.29 is 9.47 Å². The standard InChI is InChI=1S/C11H12O2/c1-2-6-11-8-4-3-7-10(5-1)12-9-13-11/h1-8,10-11H,9H2/b5-1-,6-2-,7-3-,8-4-. The zero-order valence-electron chi connectivity index (χ0n) is 7.30. The summed E-state index contributed by atoms with van der Waals surface area (Å²) in [5.74, 6) is 0. The Bertz CT molecular complexity index is 222. The molecule has 0 aromatic heterocycles. The Balaban J connectivity index is 2.26. The van der Waals surface area contributed by atoms with Gasteiger partial charge >= 0.3 is 0 Å². The summed E-state index contributed by atoms with van der Waals surface area (Å²) in [5, 5.41) is 0. The zero-order chi connectivity index (χ0) is 8.93. The SMILES string of the molecule is C1=C\C2/C=C\C=C/C(\C=C/1)OCO2. The van der Waals surface area contributed by atoms with Crippen molar-refractivity contribution in [1.82, 2.24) is 0 Å². The van der Waals surface area contributed by atoms with E-state index in [0.29, 0.717) is 6.79 Å². The van der Waals surface area contributed by atoms with Gasteiger partial charge in [-0.15, -0.1) is 0 Å². The van der Waals surface area contributed by atoms with Gasteiger partial charge in [0.05, 0.1) is 12.2 Å². The zero-order valence-corrected chi connectivity index (χ0v) is 7.30. The van der Waals surface area contributed by atoms with Crippen LogP contribution >= 0.6 is 0 Å². The van der Waals surface area contributed by atoms with Crippen LogP contribution < -0.4 is 0 Å². The van der Waals surface area contributed by atoms with Crippen molar-refractivity contribution in [2.75, 3.05) is 6.79 Å². The molecule has 2 aliphatic rings. The molecule has 0 aliphatic carbocycles. The molecule has 0 saturated heterocycles. The lowest BCUT2D eigenvalue weighted by Gasteiger charge is -2.10. The van der Waals surface area contributed by atoms with Gasteiger partial charge < -0.3 is 9.47 Å². The molecule has 2 heterocycles. The summed E-state index contributed by atoms with van der Waals surface area (Å²) in [6.07, 6.45) is 16.0. The highest BCUT2D eigenvalue weighted by atomic mass is 16.7. The van der Waals surface area contributed by atoms with Crippen LogP contribution in [0.5, 0.6) is 0 Å². The van der Waals surface area contributed by atoms with Crippen molar-refractivity contribution >= 4 is 0 Å². The van der Waals surface area contributed by atoms with Gasteiger partial charge in [0.2, 0.25) is 0 Å². The van der Waals surface area contributed by atoms with Gasteiger partial charge in [-0.1, -0.05) is 48.6 Å². The van der Waals surface area contributed by atoms with Gasteiger partial charge in [0.1, 0.15) is 6.79 Å². The van der Waals surface area contributed by atoms with Crippen LogP contribution in [0.4, 0.5) is 0 Å². The topological polar surface area (TPSA) is 18.5 Å². The Kier molecular flexibility index (Phi) is 2.75. The first-order valence-corrected chi connectivity index (χ1v) is 4.38. The minimum Gasteiger partial charge on any atom is -0.344 e. The predicted molar refractivity (Wildman–Crippen MR) is 51.2 cm³/mol. The molecule has 0 aromatic carbocycles. The third kappa shape index (κ3) is 2.41. The summed E-state index contributed by atoms with van der Waals surface area (Å²) in [5.41, 5.74) is 0. The molecular formula is C11H12O2. The van der Waals surface area contributed by atoms with E-state index in [-0.39, 0.29) is 12.2 Å². The second-order valence-electron chi connectivity index (χ2n) is 2.92. The first kappa shape index (κ1) is 8.48. The fourth-order valence-corrected chi connectivity index (χ4v) is 1.24. The van der Waals surface area contributed by atoms with Crippen LogP contribution in [0.2, 0.25) is 0 Å². The second kappa shape index (κ2) is 4.21. The van der Waals surface area contributed by atoms with Gasteiger partial charge in [-0.2, -0.15) is 0 Å². The highest BCUT2D eigenvalue weighted by Crippen LogP contribution is 2.07. The quantitative estimate of drug-likeness (QED) is 0.561. The van der Waals surface area contributed by atoms with E-state index in [9.17, 15) is 0 Å². The Morgan fingerprint density at radius 1 is 0.692 bits per heavy atom. The number of ether oxygens (including phenoxy) is 2. The van der Waals surface area contributed by atoms with Crippen LogP contribution in [-0.4, -0.2) is 19.0 Å². The summed E-state index contributed by atoms with van der Waals surface area (Å²) in [7, 11) is 0. The summed E-state index contributed by atoms with van der Waals surface area (Å²) in [6, 6.07) is 0. The Hall–Kier alpha value is -1.12. The Morgan fingerprint density at radius 3 is 1.46 bits per heavy atom. The third-order valence-corrected chi connectivity index (χ3v) is 1.95. The molecule has 0 atom stereocenters. The molecule has 2 nitrogen and oxygen atoms in total. The molecule has 0 unspecified atom stereocenters. The highest BCUT2D eigenvalue weighted by molar-refractivity contribution is 5.19. The fraction of sp³-hybridized carbons (Fsp3) is 0.273. The number of fused-ring (bicyclic) bond motifs is 4. The summed E-state index contributed by atoms with van der Waals surface area (Å²) < 4.78 is 10.9.